The lowest BCUT2D eigenvalue weighted by Crippen LogP contribution is -2.16. The standard InChI is InChI=1S/C20H19ClN2O4S2/c1-14-6-11-20(15(2)12-14)29(26,27)23-18-4-3-5-19(13-18)28(24,25)22-17-9-7-16(21)8-10-17/h3-13,22-23H,1-2H3. The van der Waals surface area contributed by atoms with Crippen LogP contribution in [-0.4, -0.2) is 16.8 Å². The maximum absolute atomic E-state index is 12.7. The highest BCUT2D eigenvalue weighted by Crippen LogP contribution is 2.24. The third-order valence-electron chi connectivity index (χ3n) is 4.11. The van der Waals surface area contributed by atoms with E-state index in [2.05, 4.69) is 9.44 Å². The van der Waals surface area contributed by atoms with Crippen LogP contribution in [0.1, 0.15) is 11.1 Å². The Morgan fingerprint density at radius 1 is 0.724 bits per heavy atom. The summed E-state index contributed by atoms with van der Waals surface area (Å²) in [6, 6.07) is 16.8. The third-order valence-corrected chi connectivity index (χ3v) is 7.29. The largest absolute Gasteiger partial charge is 0.280 e. The van der Waals surface area contributed by atoms with Crippen LogP contribution in [0.3, 0.4) is 0 Å². The van der Waals surface area contributed by atoms with Gasteiger partial charge in [0.25, 0.3) is 20.0 Å². The van der Waals surface area contributed by atoms with E-state index < -0.39 is 20.0 Å². The Balaban J connectivity index is 1.88. The summed E-state index contributed by atoms with van der Waals surface area (Å²) in [6.45, 7) is 3.58. The van der Waals surface area contributed by atoms with Crippen molar-refractivity contribution in [3.05, 3.63) is 82.9 Å². The second-order valence-corrected chi connectivity index (χ2v) is 10.3. The SMILES string of the molecule is Cc1ccc(S(=O)(=O)Nc2cccc(S(=O)(=O)Nc3ccc(Cl)cc3)c2)c(C)c1. The van der Waals surface area contributed by atoms with Crippen LogP contribution in [0.2, 0.25) is 5.02 Å². The molecule has 29 heavy (non-hydrogen) atoms. The molecule has 0 unspecified atom stereocenters. The molecule has 3 rings (SSSR count). The molecule has 0 aliphatic rings. The molecule has 0 aromatic heterocycles. The monoisotopic (exact) mass is 450 g/mol. The van der Waals surface area contributed by atoms with Crippen LogP contribution in [0, 0.1) is 13.8 Å². The van der Waals surface area contributed by atoms with Crippen LogP contribution < -0.4 is 9.44 Å². The van der Waals surface area contributed by atoms with E-state index in [-0.39, 0.29) is 15.5 Å². The van der Waals surface area contributed by atoms with Crippen molar-refractivity contribution in [1.29, 1.82) is 0 Å². The lowest BCUT2D eigenvalue weighted by Gasteiger charge is -2.13. The molecule has 0 heterocycles. The Kier molecular flexibility index (Phi) is 5.88. The first-order valence-corrected chi connectivity index (χ1v) is 11.9. The smallest absolute Gasteiger partial charge is 0.262 e. The Morgan fingerprint density at radius 2 is 1.38 bits per heavy atom. The maximum Gasteiger partial charge on any atom is 0.262 e. The summed E-state index contributed by atoms with van der Waals surface area (Å²) in [5, 5.41) is 0.482. The molecular weight excluding hydrogens is 432 g/mol. The number of benzene rings is 3. The Hall–Kier alpha value is -2.55. The second kappa shape index (κ2) is 8.06. The zero-order valence-corrected chi connectivity index (χ0v) is 18.1. The first kappa shape index (κ1) is 21.2. The van der Waals surface area contributed by atoms with Crippen LogP contribution in [0.15, 0.2) is 76.5 Å². The molecule has 0 saturated carbocycles. The fourth-order valence-corrected chi connectivity index (χ4v) is 5.28. The van der Waals surface area contributed by atoms with Crippen molar-refractivity contribution in [2.45, 2.75) is 23.6 Å². The number of aryl methyl sites for hydroxylation is 2. The van der Waals surface area contributed by atoms with Gasteiger partial charge in [-0.2, -0.15) is 0 Å². The topological polar surface area (TPSA) is 92.3 Å². The molecule has 0 radical (unpaired) electrons. The molecule has 152 valence electrons. The maximum atomic E-state index is 12.7. The Bertz CT molecular complexity index is 1260. The molecule has 3 aromatic carbocycles. The van der Waals surface area contributed by atoms with Crippen molar-refractivity contribution in [2.75, 3.05) is 9.44 Å². The van der Waals surface area contributed by atoms with Gasteiger partial charge in [0.05, 0.1) is 15.5 Å². The predicted molar refractivity (Wildman–Crippen MR) is 115 cm³/mol. The van der Waals surface area contributed by atoms with Gasteiger partial charge in [-0.15, -0.1) is 0 Å². The van der Waals surface area contributed by atoms with Crippen molar-refractivity contribution >= 4 is 43.0 Å². The van der Waals surface area contributed by atoms with Gasteiger partial charge in [-0.25, -0.2) is 16.8 Å². The molecule has 0 aliphatic heterocycles. The van der Waals surface area contributed by atoms with Crippen LogP contribution in [0.4, 0.5) is 11.4 Å². The molecule has 0 atom stereocenters. The minimum Gasteiger partial charge on any atom is -0.280 e. The van der Waals surface area contributed by atoms with Gasteiger partial charge < -0.3 is 0 Å². The van der Waals surface area contributed by atoms with Gasteiger partial charge in [-0.1, -0.05) is 35.4 Å². The predicted octanol–water partition coefficient (Wildman–Crippen LogP) is 4.56. The summed E-state index contributed by atoms with van der Waals surface area (Å²) in [6.07, 6.45) is 0. The van der Waals surface area contributed by atoms with Gasteiger partial charge in [0.15, 0.2) is 0 Å². The summed E-state index contributed by atoms with van der Waals surface area (Å²) in [4.78, 5) is 0.0592. The average Bonchev–Trinajstić information content (AvgIpc) is 2.63. The highest BCUT2D eigenvalue weighted by atomic mass is 35.5. The van der Waals surface area contributed by atoms with Crippen LogP contribution in [-0.2, 0) is 20.0 Å². The van der Waals surface area contributed by atoms with E-state index in [9.17, 15) is 16.8 Å². The number of hydrogen-bond donors (Lipinski definition) is 2. The number of nitrogens with one attached hydrogen (secondary N) is 2. The lowest BCUT2D eigenvalue weighted by atomic mass is 10.2. The number of hydrogen-bond acceptors (Lipinski definition) is 4. The van der Waals surface area contributed by atoms with Gasteiger partial charge in [0.2, 0.25) is 0 Å². The molecule has 0 bridgehead atoms. The molecule has 3 aromatic rings. The van der Waals surface area contributed by atoms with Crippen molar-refractivity contribution in [3.8, 4) is 0 Å². The zero-order chi connectivity index (χ0) is 21.2. The van der Waals surface area contributed by atoms with E-state index in [0.29, 0.717) is 16.3 Å². The van der Waals surface area contributed by atoms with E-state index >= 15 is 0 Å². The molecule has 0 amide bonds. The van der Waals surface area contributed by atoms with E-state index in [1.54, 1.807) is 31.2 Å². The molecular formula is C20H19ClN2O4S2. The number of rotatable bonds is 6. The summed E-state index contributed by atoms with van der Waals surface area (Å²) in [7, 11) is -7.78. The number of anilines is 2. The molecule has 6 nitrogen and oxygen atoms in total. The molecule has 0 saturated heterocycles. The van der Waals surface area contributed by atoms with Gasteiger partial charge in [0.1, 0.15) is 0 Å². The first-order chi connectivity index (χ1) is 13.6. The van der Waals surface area contributed by atoms with Crippen LogP contribution >= 0.6 is 11.6 Å². The van der Waals surface area contributed by atoms with E-state index in [1.165, 1.54) is 42.5 Å². The van der Waals surface area contributed by atoms with Crippen molar-refractivity contribution < 1.29 is 16.8 Å². The molecule has 0 spiro atoms. The summed E-state index contributed by atoms with van der Waals surface area (Å²) in [5.74, 6) is 0. The van der Waals surface area contributed by atoms with Crippen LogP contribution in [0.5, 0.6) is 0 Å². The Morgan fingerprint density at radius 3 is 2.03 bits per heavy atom. The normalized spacial score (nSPS) is 11.8. The quantitative estimate of drug-likeness (QED) is 0.575. The Labute approximate surface area is 175 Å². The minimum absolute atomic E-state index is 0.0757. The zero-order valence-electron chi connectivity index (χ0n) is 15.7. The van der Waals surface area contributed by atoms with Gasteiger partial charge in [-0.05, 0) is 67.9 Å². The minimum atomic E-state index is -3.91. The van der Waals surface area contributed by atoms with Gasteiger partial charge in [-0.3, -0.25) is 9.44 Å². The molecule has 0 aliphatic carbocycles. The van der Waals surface area contributed by atoms with Crippen molar-refractivity contribution in [3.63, 3.8) is 0 Å². The summed E-state index contributed by atoms with van der Waals surface area (Å²) in [5.41, 5.74) is 2.04. The van der Waals surface area contributed by atoms with Crippen LogP contribution in [0.25, 0.3) is 0 Å². The fraction of sp³-hybridized carbons (Fsp3) is 0.100. The molecule has 0 fully saturated rings. The van der Waals surface area contributed by atoms with Crippen molar-refractivity contribution in [1.82, 2.24) is 0 Å². The first-order valence-electron chi connectivity index (χ1n) is 8.55. The third kappa shape index (κ3) is 5.09. The molecule has 2 N–H and O–H groups in total. The fourth-order valence-electron chi connectivity index (χ4n) is 2.77. The van der Waals surface area contributed by atoms with Gasteiger partial charge in [0, 0.05) is 10.7 Å². The highest BCUT2D eigenvalue weighted by molar-refractivity contribution is 7.93. The lowest BCUT2D eigenvalue weighted by molar-refractivity contribution is 0.598. The number of halogens is 1. The van der Waals surface area contributed by atoms with Crippen molar-refractivity contribution in [2.24, 2.45) is 0 Å². The molecule has 9 heteroatoms. The summed E-state index contributed by atoms with van der Waals surface area (Å²) >= 11 is 5.81. The van der Waals surface area contributed by atoms with E-state index in [4.69, 9.17) is 11.6 Å². The number of sulfonamides is 2. The van der Waals surface area contributed by atoms with Gasteiger partial charge >= 0.3 is 0 Å². The second-order valence-electron chi connectivity index (χ2n) is 6.51. The average molecular weight is 451 g/mol. The summed E-state index contributed by atoms with van der Waals surface area (Å²) < 4.78 is 55.6. The highest BCUT2D eigenvalue weighted by Gasteiger charge is 2.19. The van der Waals surface area contributed by atoms with E-state index in [0.717, 1.165) is 5.56 Å². The van der Waals surface area contributed by atoms with E-state index in [1.807, 2.05) is 6.92 Å².